The van der Waals surface area contributed by atoms with Gasteiger partial charge >= 0.3 is 0 Å². The van der Waals surface area contributed by atoms with Crippen molar-refractivity contribution in [2.75, 3.05) is 31.1 Å². The fourth-order valence-corrected chi connectivity index (χ4v) is 3.19. The van der Waals surface area contributed by atoms with Gasteiger partial charge in [-0.3, -0.25) is 4.79 Å². The number of amides is 1. The molecule has 20 heavy (non-hydrogen) atoms. The third-order valence-electron chi connectivity index (χ3n) is 4.04. The number of aryl methyl sites for hydroxylation is 3. The van der Waals surface area contributed by atoms with Gasteiger partial charge in [-0.05, 0) is 31.9 Å². The molecule has 0 saturated carbocycles. The average molecular weight is 274 g/mol. The molecule has 1 saturated heterocycles. The van der Waals surface area contributed by atoms with E-state index in [1.807, 2.05) is 18.7 Å². The van der Waals surface area contributed by atoms with Gasteiger partial charge in [-0.15, -0.1) is 0 Å². The minimum absolute atomic E-state index is 0.101. The summed E-state index contributed by atoms with van der Waals surface area (Å²) in [6.07, 6.45) is 0. The van der Waals surface area contributed by atoms with Crippen molar-refractivity contribution in [1.29, 1.82) is 0 Å². The maximum absolute atomic E-state index is 12.0. The topological polar surface area (TPSA) is 23.6 Å². The molecule has 1 fully saturated rings. The first-order chi connectivity index (χ1) is 9.40. The minimum Gasteiger partial charge on any atom is -0.368 e. The maximum atomic E-state index is 12.0. The van der Waals surface area contributed by atoms with Gasteiger partial charge in [0.05, 0.1) is 0 Å². The first-order valence-corrected chi connectivity index (χ1v) is 7.51. The molecule has 3 nitrogen and oxygen atoms in total. The standard InChI is InChI=1S/C17H26N2O/c1-12(2)17(20)19-8-6-18(7-9-19)16-14(4)10-13(3)11-15(16)5/h10-12H,6-9H2,1-5H3. The summed E-state index contributed by atoms with van der Waals surface area (Å²) in [5.74, 6) is 0.381. The van der Waals surface area contributed by atoms with E-state index in [-0.39, 0.29) is 11.8 Å². The smallest absolute Gasteiger partial charge is 0.225 e. The molecule has 2 rings (SSSR count). The Morgan fingerprint density at radius 3 is 1.95 bits per heavy atom. The minimum atomic E-state index is 0.101. The Bertz CT molecular complexity index is 477. The largest absolute Gasteiger partial charge is 0.368 e. The van der Waals surface area contributed by atoms with Crippen molar-refractivity contribution in [3.05, 3.63) is 28.8 Å². The Morgan fingerprint density at radius 1 is 1.00 bits per heavy atom. The summed E-state index contributed by atoms with van der Waals surface area (Å²) < 4.78 is 0. The summed E-state index contributed by atoms with van der Waals surface area (Å²) >= 11 is 0. The van der Waals surface area contributed by atoms with Gasteiger partial charge in [0.15, 0.2) is 0 Å². The molecule has 110 valence electrons. The molecule has 0 bridgehead atoms. The van der Waals surface area contributed by atoms with Crippen molar-refractivity contribution in [3.63, 3.8) is 0 Å². The number of carbonyl (C=O) groups excluding carboxylic acids is 1. The summed E-state index contributed by atoms with van der Waals surface area (Å²) in [4.78, 5) is 16.5. The van der Waals surface area contributed by atoms with E-state index in [4.69, 9.17) is 0 Å². The lowest BCUT2D eigenvalue weighted by atomic mass is 10.0. The fourth-order valence-electron chi connectivity index (χ4n) is 3.19. The maximum Gasteiger partial charge on any atom is 0.225 e. The number of benzene rings is 1. The number of piperazine rings is 1. The van der Waals surface area contributed by atoms with Crippen LogP contribution in [0.2, 0.25) is 0 Å². The Hall–Kier alpha value is -1.51. The average Bonchev–Trinajstić information content (AvgIpc) is 2.37. The molecule has 1 aliphatic heterocycles. The molecule has 1 heterocycles. The van der Waals surface area contributed by atoms with Crippen LogP contribution >= 0.6 is 0 Å². The zero-order valence-electron chi connectivity index (χ0n) is 13.4. The van der Waals surface area contributed by atoms with Gasteiger partial charge in [-0.25, -0.2) is 0 Å². The summed E-state index contributed by atoms with van der Waals surface area (Å²) in [7, 11) is 0. The molecule has 1 aromatic rings. The van der Waals surface area contributed by atoms with Crippen LogP contribution in [0.5, 0.6) is 0 Å². The van der Waals surface area contributed by atoms with E-state index in [2.05, 4.69) is 37.8 Å². The van der Waals surface area contributed by atoms with Crippen LogP contribution in [-0.4, -0.2) is 37.0 Å². The van der Waals surface area contributed by atoms with Crippen LogP contribution in [0.1, 0.15) is 30.5 Å². The van der Waals surface area contributed by atoms with Crippen LogP contribution in [0, 0.1) is 26.7 Å². The van der Waals surface area contributed by atoms with Gasteiger partial charge in [0.25, 0.3) is 0 Å². The van der Waals surface area contributed by atoms with Crippen LogP contribution in [-0.2, 0) is 4.79 Å². The lowest BCUT2D eigenvalue weighted by molar-refractivity contribution is -0.134. The third kappa shape index (κ3) is 2.97. The first kappa shape index (κ1) is 14.9. The highest BCUT2D eigenvalue weighted by atomic mass is 16.2. The molecule has 0 unspecified atom stereocenters. The highest BCUT2D eigenvalue weighted by Gasteiger charge is 2.24. The van der Waals surface area contributed by atoms with Crippen molar-refractivity contribution in [3.8, 4) is 0 Å². The van der Waals surface area contributed by atoms with Crippen LogP contribution in [0.3, 0.4) is 0 Å². The molecule has 0 radical (unpaired) electrons. The van der Waals surface area contributed by atoms with E-state index in [0.29, 0.717) is 0 Å². The van der Waals surface area contributed by atoms with Crippen LogP contribution < -0.4 is 4.90 Å². The zero-order valence-corrected chi connectivity index (χ0v) is 13.4. The molecule has 1 amide bonds. The predicted octanol–water partition coefficient (Wildman–Crippen LogP) is 2.92. The molecule has 0 N–H and O–H groups in total. The zero-order chi connectivity index (χ0) is 14.9. The molecule has 1 aromatic carbocycles. The summed E-state index contributed by atoms with van der Waals surface area (Å²) in [5.41, 5.74) is 5.35. The number of anilines is 1. The van der Waals surface area contributed by atoms with Crippen LogP contribution in [0.4, 0.5) is 5.69 Å². The summed E-state index contributed by atoms with van der Waals surface area (Å²) in [5, 5.41) is 0. The number of hydrogen-bond acceptors (Lipinski definition) is 2. The number of hydrogen-bond donors (Lipinski definition) is 0. The molecule has 3 heteroatoms. The van der Waals surface area contributed by atoms with Crippen molar-refractivity contribution in [2.24, 2.45) is 5.92 Å². The van der Waals surface area contributed by atoms with E-state index in [0.717, 1.165) is 26.2 Å². The van der Waals surface area contributed by atoms with Crippen LogP contribution in [0.25, 0.3) is 0 Å². The van der Waals surface area contributed by atoms with Crippen molar-refractivity contribution in [2.45, 2.75) is 34.6 Å². The first-order valence-electron chi connectivity index (χ1n) is 7.51. The van der Waals surface area contributed by atoms with Gasteiger partial charge in [0, 0.05) is 37.8 Å². The third-order valence-corrected chi connectivity index (χ3v) is 4.04. The lowest BCUT2D eigenvalue weighted by Gasteiger charge is -2.38. The number of nitrogens with zero attached hydrogens (tertiary/aromatic N) is 2. The highest BCUT2D eigenvalue weighted by Crippen LogP contribution is 2.27. The number of carbonyl (C=O) groups is 1. The van der Waals surface area contributed by atoms with Gasteiger partial charge in [0.2, 0.25) is 5.91 Å². The van der Waals surface area contributed by atoms with E-state index in [9.17, 15) is 4.79 Å². The van der Waals surface area contributed by atoms with Crippen molar-refractivity contribution in [1.82, 2.24) is 4.90 Å². The molecule has 1 aliphatic rings. The predicted molar refractivity (Wildman–Crippen MR) is 84.3 cm³/mol. The highest BCUT2D eigenvalue weighted by molar-refractivity contribution is 5.78. The second-order valence-electron chi connectivity index (χ2n) is 6.21. The molecular formula is C17H26N2O. The second-order valence-corrected chi connectivity index (χ2v) is 6.21. The quantitative estimate of drug-likeness (QED) is 0.828. The summed E-state index contributed by atoms with van der Waals surface area (Å²) in [6.45, 7) is 14.0. The Balaban J connectivity index is 2.10. The van der Waals surface area contributed by atoms with E-state index in [1.165, 1.54) is 22.4 Å². The molecule has 0 spiro atoms. The molecular weight excluding hydrogens is 248 g/mol. The Morgan fingerprint density at radius 2 is 1.50 bits per heavy atom. The van der Waals surface area contributed by atoms with Crippen molar-refractivity contribution < 1.29 is 4.79 Å². The van der Waals surface area contributed by atoms with Crippen LogP contribution in [0.15, 0.2) is 12.1 Å². The Labute approximate surface area is 122 Å². The normalized spacial score (nSPS) is 15.9. The fraction of sp³-hybridized carbons (Fsp3) is 0.588. The molecule has 0 atom stereocenters. The molecule has 0 aromatic heterocycles. The summed E-state index contributed by atoms with van der Waals surface area (Å²) in [6, 6.07) is 4.49. The second kappa shape index (κ2) is 5.86. The van der Waals surface area contributed by atoms with E-state index < -0.39 is 0 Å². The van der Waals surface area contributed by atoms with E-state index >= 15 is 0 Å². The number of rotatable bonds is 2. The van der Waals surface area contributed by atoms with Gasteiger partial charge < -0.3 is 9.80 Å². The lowest BCUT2D eigenvalue weighted by Crippen LogP contribution is -2.50. The SMILES string of the molecule is Cc1cc(C)c(N2CCN(C(=O)C(C)C)CC2)c(C)c1. The monoisotopic (exact) mass is 274 g/mol. The Kier molecular flexibility index (Phi) is 4.36. The van der Waals surface area contributed by atoms with Gasteiger partial charge in [0.1, 0.15) is 0 Å². The van der Waals surface area contributed by atoms with Gasteiger partial charge in [-0.2, -0.15) is 0 Å². The van der Waals surface area contributed by atoms with E-state index in [1.54, 1.807) is 0 Å². The van der Waals surface area contributed by atoms with Gasteiger partial charge in [-0.1, -0.05) is 31.5 Å². The van der Waals surface area contributed by atoms with Crippen molar-refractivity contribution >= 4 is 11.6 Å². The molecule has 0 aliphatic carbocycles.